The van der Waals surface area contributed by atoms with Crippen LogP contribution in [0.15, 0.2) is 30.5 Å². The number of benzene rings is 1. The number of hydrogen-bond donors (Lipinski definition) is 0. The Labute approximate surface area is 96.8 Å². The normalized spacial score (nSPS) is 10.2. The molecule has 5 nitrogen and oxygen atoms in total. The predicted octanol–water partition coefficient (Wildman–Crippen LogP) is 1.25. The third-order valence-electron chi connectivity index (χ3n) is 2.17. The van der Waals surface area contributed by atoms with Gasteiger partial charge in [-0.2, -0.15) is 0 Å². The summed E-state index contributed by atoms with van der Waals surface area (Å²) in [5, 5.41) is 7.40. The monoisotopic (exact) mass is 235 g/mol. The van der Waals surface area contributed by atoms with Gasteiger partial charge >= 0.3 is 5.97 Å². The lowest BCUT2D eigenvalue weighted by Gasteiger charge is -2.00. The van der Waals surface area contributed by atoms with E-state index in [4.69, 9.17) is 0 Å². The Morgan fingerprint density at radius 3 is 3.06 bits per heavy atom. The fourth-order valence-corrected chi connectivity index (χ4v) is 1.40. The van der Waals surface area contributed by atoms with Crippen molar-refractivity contribution in [2.75, 3.05) is 7.11 Å². The molecule has 6 heteroatoms. The number of hydrogen-bond acceptors (Lipinski definition) is 4. The Kier molecular flexibility index (Phi) is 3.13. The van der Waals surface area contributed by atoms with Crippen LogP contribution in [0.25, 0.3) is 0 Å². The molecule has 0 saturated heterocycles. The summed E-state index contributed by atoms with van der Waals surface area (Å²) in [6.45, 7) is 0.349. The first-order valence-corrected chi connectivity index (χ1v) is 4.92. The van der Waals surface area contributed by atoms with Crippen molar-refractivity contribution in [3.05, 3.63) is 47.5 Å². The van der Waals surface area contributed by atoms with Gasteiger partial charge in [0.2, 0.25) is 0 Å². The molecule has 1 heterocycles. The molecule has 0 aliphatic heterocycles. The Hall–Kier alpha value is -2.24. The van der Waals surface area contributed by atoms with Gasteiger partial charge in [-0.1, -0.05) is 17.3 Å². The van der Waals surface area contributed by atoms with E-state index >= 15 is 0 Å². The fraction of sp³-hybridized carbons (Fsp3) is 0.182. The summed E-state index contributed by atoms with van der Waals surface area (Å²) in [6, 6.07) is 6.15. The average molecular weight is 235 g/mol. The number of aromatic nitrogens is 3. The van der Waals surface area contributed by atoms with Crippen LogP contribution in [0.2, 0.25) is 0 Å². The number of methoxy groups -OCH3 is 1. The minimum Gasteiger partial charge on any atom is -0.464 e. The third kappa shape index (κ3) is 2.66. The number of halogens is 1. The maximum Gasteiger partial charge on any atom is 0.360 e. The van der Waals surface area contributed by atoms with Crippen LogP contribution in [-0.4, -0.2) is 28.1 Å². The number of ether oxygens (including phenoxy) is 1. The molecule has 2 rings (SSSR count). The van der Waals surface area contributed by atoms with E-state index in [1.54, 1.807) is 12.1 Å². The quantitative estimate of drug-likeness (QED) is 0.751. The van der Waals surface area contributed by atoms with Crippen molar-refractivity contribution in [3.63, 3.8) is 0 Å². The maximum atomic E-state index is 12.9. The molecule has 17 heavy (non-hydrogen) atoms. The van der Waals surface area contributed by atoms with E-state index in [-0.39, 0.29) is 11.5 Å². The molecule has 1 aromatic heterocycles. The van der Waals surface area contributed by atoms with E-state index in [9.17, 15) is 9.18 Å². The van der Waals surface area contributed by atoms with Crippen molar-refractivity contribution in [2.45, 2.75) is 6.54 Å². The van der Waals surface area contributed by atoms with E-state index in [0.29, 0.717) is 6.54 Å². The highest BCUT2D eigenvalue weighted by atomic mass is 19.1. The van der Waals surface area contributed by atoms with Gasteiger partial charge in [-0.25, -0.2) is 13.9 Å². The summed E-state index contributed by atoms with van der Waals surface area (Å²) in [7, 11) is 1.27. The van der Waals surface area contributed by atoms with E-state index in [1.807, 2.05) is 0 Å². The second kappa shape index (κ2) is 4.73. The summed E-state index contributed by atoms with van der Waals surface area (Å²) >= 11 is 0. The first kappa shape index (κ1) is 11.3. The molecule has 1 aromatic carbocycles. The molecule has 0 aliphatic rings. The third-order valence-corrected chi connectivity index (χ3v) is 2.17. The lowest BCUT2D eigenvalue weighted by Crippen LogP contribution is -2.02. The summed E-state index contributed by atoms with van der Waals surface area (Å²) in [6.07, 6.45) is 1.46. The molecule has 2 aromatic rings. The van der Waals surface area contributed by atoms with Crippen molar-refractivity contribution >= 4 is 5.97 Å². The molecular weight excluding hydrogens is 225 g/mol. The van der Waals surface area contributed by atoms with Crippen molar-refractivity contribution in [2.24, 2.45) is 0 Å². The molecule has 0 radical (unpaired) electrons. The zero-order valence-electron chi connectivity index (χ0n) is 9.13. The molecule has 0 atom stereocenters. The summed E-state index contributed by atoms with van der Waals surface area (Å²) in [5.41, 5.74) is 0.871. The van der Waals surface area contributed by atoms with E-state index in [2.05, 4.69) is 15.0 Å². The minimum absolute atomic E-state index is 0.129. The minimum atomic E-state index is -0.546. The van der Waals surface area contributed by atoms with Gasteiger partial charge in [-0.05, 0) is 17.7 Å². The molecule has 0 bridgehead atoms. The highest BCUT2D eigenvalue weighted by molar-refractivity contribution is 5.86. The van der Waals surface area contributed by atoms with Gasteiger partial charge in [0.25, 0.3) is 0 Å². The largest absolute Gasteiger partial charge is 0.464 e. The zero-order valence-corrected chi connectivity index (χ0v) is 9.13. The van der Waals surface area contributed by atoms with E-state index in [0.717, 1.165) is 5.56 Å². The summed E-state index contributed by atoms with van der Waals surface area (Å²) < 4.78 is 18.9. The second-order valence-corrected chi connectivity index (χ2v) is 3.42. The van der Waals surface area contributed by atoms with Gasteiger partial charge in [0.05, 0.1) is 19.9 Å². The number of carbonyl (C=O) groups is 1. The second-order valence-electron chi connectivity index (χ2n) is 3.42. The van der Waals surface area contributed by atoms with Crippen LogP contribution in [0.4, 0.5) is 4.39 Å². The highest BCUT2D eigenvalue weighted by Crippen LogP contribution is 2.05. The Morgan fingerprint density at radius 1 is 1.53 bits per heavy atom. The molecule has 0 amide bonds. The van der Waals surface area contributed by atoms with Crippen molar-refractivity contribution < 1.29 is 13.9 Å². The summed E-state index contributed by atoms with van der Waals surface area (Å²) in [5.74, 6) is -0.855. The number of carbonyl (C=O) groups excluding carboxylic acids is 1. The van der Waals surface area contributed by atoms with Crippen LogP contribution in [0.1, 0.15) is 16.1 Å². The number of nitrogens with zero attached hydrogens (tertiary/aromatic N) is 3. The maximum absolute atomic E-state index is 12.9. The predicted molar refractivity (Wildman–Crippen MR) is 56.9 cm³/mol. The molecule has 0 saturated carbocycles. The van der Waals surface area contributed by atoms with Gasteiger partial charge in [-0.15, -0.1) is 5.10 Å². The Bertz CT molecular complexity index is 539. The highest BCUT2D eigenvalue weighted by Gasteiger charge is 2.10. The van der Waals surface area contributed by atoms with Gasteiger partial charge in [-0.3, -0.25) is 0 Å². The lowest BCUT2D eigenvalue weighted by molar-refractivity contribution is 0.0594. The van der Waals surface area contributed by atoms with Crippen molar-refractivity contribution in [1.82, 2.24) is 15.0 Å². The molecule has 88 valence electrons. The molecule has 0 unspecified atom stereocenters. The topological polar surface area (TPSA) is 57.0 Å². The van der Waals surface area contributed by atoms with Crippen LogP contribution < -0.4 is 0 Å². The van der Waals surface area contributed by atoms with Gasteiger partial charge < -0.3 is 4.74 Å². The molecule has 0 aliphatic carbocycles. The zero-order chi connectivity index (χ0) is 12.3. The molecule has 0 spiro atoms. The average Bonchev–Trinajstić information content (AvgIpc) is 2.76. The number of rotatable bonds is 3. The van der Waals surface area contributed by atoms with Crippen LogP contribution in [0.3, 0.4) is 0 Å². The first-order chi connectivity index (χ1) is 8.19. The van der Waals surface area contributed by atoms with Crippen molar-refractivity contribution in [3.8, 4) is 0 Å². The van der Waals surface area contributed by atoms with Gasteiger partial charge in [0.1, 0.15) is 5.82 Å². The van der Waals surface area contributed by atoms with Crippen LogP contribution in [0.5, 0.6) is 0 Å². The molecule has 0 N–H and O–H groups in total. The van der Waals surface area contributed by atoms with Crippen LogP contribution in [-0.2, 0) is 11.3 Å². The van der Waals surface area contributed by atoms with E-state index in [1.165, 1.54) is 30.1 Å². The van der Waals surface area contributed by atoms with Crippen molar-refractivity contribution in [1.29, 1.82) is 0 Å². The van der Waals surface area contributed by atoms with Gasteiger partial charge in [0, 0.05) is 0 Å². The Morgan fingerprint density at radius 2 is 2.35 bits per heavy atom. The molecule has 0 fully saturated rings. The molecular formula is C11H10FN3O2. The first-order valence-electron chi connectivity index (χ1n) is 4.92. The SMILES string of the molecule is COC(=O)c1cn(Cc2cccc(F)c2)nn1. The summed E-state index contributed by atoms with van der Waals surface area (Å²) in [4.78, 5) is 11.1. The number of esters is 1. The van der Waals surface area contributed by atoms with Crippen LogP contribution >= 0.6 is 0 Å². The fourth-order valence-electron chi connectivity index (χ4n) is 1.40. The van der Waals surface area contributed by atoms with E-state index < -0.39 is 5.97 Å². The standard InChI is InChI=1S/C11H10FN3O2/c1-17-11(16)10-7-15(14-13-10)6-8-3-2-4-9(12)5-8/h2-5,7H,6H2,1H3. The smallest absolute Gasteiger partial charge is 0.360 e. The van der Waals surface area contributed by atoms with Crippen LogP contribution in [0, 0.1) is 5.82 Å². The van der Waals surface area contributed by atoms with Gasteiger partial charge in [0.15, 0.2) is 5.69 Å². The Balaban J connectivity index is 2.14. The lowest BCUT2D eigenvalue weighted by atomic mass is 10.2.